The summed E-state index contributed by atoms with van der Waals surface area (Å²) in [6.45, 7) is 3.95. The number of amides is 1. The van der Waals surface area contributed by atoms with Crippen molar-refractivity contribution in [3.05, 3.63) is 77.3 Å². The largest absolute Gasteiger partial charge is 0.491 e. The van der Waals surface area contributed by atoms with Gasteiger partial charge in [-0.1, -0.05) is 35.5 Å². The fourth-order valence-electron chi connectivity index (χ4n) is 3.02. The lowest BCUT2D eigenvalue weighted by Gasteiger charge is -2.31. The van der Waals surface area contributed by atoms with Crippen LogP contribution in [0.1, 0.15) is 24.2 Å². The van der Waals surface area contributed by atoms with Crippen molar-refractivity contribution in [2.24, 2.45) is 0 Å². The van der Waals surface area contributed by atoms with E-state index in [-0.39, 0.29) is 12.0 Å². The zero-order chi connectivity index (χ0) is 19.0. The number of fused-ring (bicyclic) bond motifs is 2. The average Bonchev–Trinajstić information content (AvgIpc) is 2.66. The Bertz CT molecular complexity index is 1000. The Labute approximate surface area is 167 Å². The zero-order valence-corrected chi connectivity index (χ0v) is 16.6. The normalized spacial score (nSPS) is 12.5. The summed E-state index contributed by atoms with van der Waals surface area (Å²) < 4.78 is 5.68. The van der Waals surface area contributed by atoms with Crippen molar-refractivity contribution in [3.8, 4) is 5.75 Å². The summed E-state index contributed by atoms with van der Waals surface area (Å²) in [7, 11) is 0. The molecule has 0 unspecified atom stereocenters. The lowest BCUT2D eigenvalue weighted by atomic mass is 10.1. The molecule has 3 nitrogen and oxygen atoms in total. The van der Waals surface area contributed by atoms with E-state index in [2.05, 4.69) is 0 Å². The maximum absolute atomic E-state index is 13.4. The predicted molar refractivity (Wildman–Crippen MR) is 111 cm³/mol. The summed E-state index contributed by atoms with van der Waals surface area (Å²) in [4.78, 5) is 17.2. The van der Waals surface area contributed by atoms with Crippen LogP contribution in [-0.4, -0.2) is 12.0 Å². The first-order valence-electron chi connectivity index (χ1n) is 8.70. The van der Waals surface area contributed by atoms with Gasteiger partial charge in [0.05, 0.1) is 17.5 Å². The predicted octanol–water partition coefficient (Wildman–Crippen LogP) is 6.57. The topological polar surface area (TPSA) is 29.5 Å². The number of para-hydroxylation sites is 1. The average molecular weight is 396 g/mol. The van der Waals surface area contributed by atoms with E-state index in [4.69, 9.17) is 16.3 Å². The highest BCUT2D eigenvalue weighted by Crippen LogP contribution is 2.49. The van der Waals surface area contributed by atoms with Gasteiger partial charge in [0.1, 0.15) is 5.75 Å². The first kappa shape index (κ1) is 18.0. The number of halogens is 1. The van der Waals surface area contributed by atoms with Gasteiger partial charge in [-0.15, -0.1) is 0 Å². The number of anilines is 2. The monoisotopic (exact) mass is 395 g/mol. The van der Waals surface area contributed by atoms with E-state index in [1.54, 1.807) is 28.8 Å². The number of rotatable bonds is 3. The fraction of sp³-hybridized carbons (Fsp3) is 0.136. The first-order valence-corrected chi connectivity index (χ1v) is 9.90. The van der Waals surface area contributed by atoms with Crippen LogP contribution in [0.3, 0.4) is 0 Å². The lowest BCUT2D eigenvalue weighted by Crippen LogP contribution is -2.28. The molecular weight excluding hydrogens is 378 g/mol. The van der Waals surface area contributed by atoms with Gasteiger partial charge in [0.25, 0.3) is 5.91 Å². The molecule has 136 valence electrons. The third-order valence-corrected chi connectivity index (χ3v) is 5.53. The number of hydrogen-bond acceptors (Lipinski definition) is 3. The molecular formula is C22H18ClNO2S. The first-order chi connectivity index (χ1) is 13.0. The molecule has 0 fully saturated rings. The molecule has 0 saturated carbocycles. The molecule has 0 radical (unpaired) electrons. The number of carbonyl (C=O) groups is 1. The van der Waals surface area contributed by atoms with E-state index in [9.17, 15) is 4.79 Å². The molecule has 0 aliphatic carbocycles. The summed E-state index contributed by atoms with van der Waals surface area (Å²) in [6, 6.07) is 20.8. The smallest absolute Gasteiger partial charge is 0.262 e. The minimum atomic E-state index is -0.0950. The highest BCUT2D eigenvalue weighted by molar-refractivity contribution is 7.99. The fourth-order valence-corrected chi connectivity index (χ4v) is 4.23. The van der Waals surface area contributed by atoms with Crippen molar-refractivity contribution in [2.45, 2.75) is 29.7 Å². The number of ether oxygens (including phenoxy) is 1. The van der Waals surface area contributed by atoms with Crippen molar-refractivity contribution in [1.29, 1.82) is 0 Å². The van der Waals surface area contributed by atoms with Gasteiger partial charge in [0.2, 0.25) is 0 Å². The number of nitrogens with zero attached hydrogens (tertiary/aromatic N) is 1. The Hall–Kier alpha value is -2.43. The Morgan fingerprint density at radius 2 is 1.67 bits per heavy atom. The third-order valence-electron chi connectivity index (χ3n) is 4.16. The number of benzene rings is 3. The quantitative estimate of drug-likeness (QED) is 0.502. The third kappa shape index (κ3) is 3.55. The molecule has 0 N–H and O–H groups in total. The van der Waals surface area contributed by atoms with E-state index in [0.29, 0.717) is 10.6 Å². The Balaban J connectivity index is 1.76. The van der Waals surface area contributed by atoms with E-state index in [1.165, 1.54) is 0 Å². The maximum Gasteiger partial charge on any atom is 0.262 e. The van der Waals surface area contributed by atoms with E-state index >= 15 is 0 Å². The molecule has 0 atom stereocenters. The van der Waals surface area contributed by atoms with Gasteiger partial charge in [0.15, 0.2) is 0 Å². The van der Waals surface area contributed by atoms with Crippen LogP contribution in [0, 0.1) is 0 Å². The van der Waals surface area contributed by atoms with Crippen molar-refractivity contribution < 1.29 is 9.53 Å². The van der Waals surface area contributed by atoms with Crippen LogP contribution in [-0.2, 0) is 0 Å². The maximum atomic E-state index is 13.4. The van der Waals surface area contributed by atoms with Crippen LogP contribution in [0.2, 0.25) is 5.02 Å². The van der Waals surface area contributed by atoms with Crippen LogP contribution in [0.25, 0.3) is 0 Å². The van der Waals surface area contributed by atoms with Gasteiger partial charge < -0.3 is 4.74 Å². The molecule has 27 heavy (non-hydrogen) atoms. The summed E-state index contributed by atoms with van der Waals surface area (Å²) in [6.07, 6.45) is 0.0894. The highest BCUT2D eigenvalue weighted by atomic mass is 35.5. The van der Waals surface area contributed by atoms with Crippen LogP contribution in [0.4, 0.5) is 11.4 Å². The van der Waals surface area contributed by atoms with Gasteiger partial charge >= 0.3 is 0 Å². The van der Waals surface area contributed by atoms with Gasteiger partial charge in [-0.3, -0.25) is 9.69 Å². The minimum absolute atomic E-state index is 0.0894. The van der Waals surface area contributed by atoms with E-state index < -0.39 is 0 Å². The molecule has 4 rings (SSSR count). The molecule has 1 amide bonds. The second kappa shape index (κ2) is 7.29. The van der Waals surface area contributed by atoms with Crippen LogP contribution >= 0.6 is 23.4 Å². The molecule has 3 aromatic rings. The van der Waals surface area contributed by atoms with Gasteiger partial charge in [-0.25, -0.2) is 0 Å². The van der Waals surface area contributed by atoms with Gasteiger partial charge in [-0.05, 0) is 68.4 Å². The Morgan fingerprint density at radius 1 is 0.963 bits per heavy atom. The van der Waals surface area contributed by atoms with Gasteiger partial charge in [0, 0.05) is 20.4 Å². The standard InChI is InChI=1S/C22H18ClNO2S/c1-14(2)26-17-10-7-15(8-11-17)22(25)24-18-5-3-4-6-20(18)27-21-12-9-16(23)13-19(21)24/h3-14H,1-2H3. The minimum Gasteiger partial charge on any atom is -0.491 e. The van der Waals surface area contributed by atoms with Crippen molar-refractivity contribution in [2.75, 3.05) is 4.90 Å². The van der Waals surface area contributed by atoms with E-state index in [0.717, 1.165) is 26.9 Å². The Kier molecular flexibility index (Phi) is 4.85. The second-order valence-electron chi connectivity index (χ2n) is 6.51. The van der Waals surface area contributed by atoms with Crippen molar-refractivity contribution in [1.82, 2.24) is 0 Å². The SMILES string of the molecule is CC(C)Oc1ccc(C(=O)N2c3ccccc3Sc3ccc(Cl)cc32)cc1. The molecule has 1 aliphatic heterocycles. The van der Waals surface area contributed by atoms with E-state index in [1.807, 2.05) is 68.4 Å². The molecule has 1 heterocycles. The molecule has 0 aromatic heterocycles. The van der Waals surface area contributed by atoms with Crippen molar-refractivity contribution in [3.63, 3.8) is 0 Å². The zero-order valence-electron chi connectivity index (χ0n) is 15.0. The van der Waals surface area contributed by atoms with Crippen LogP contribution in [0.15, 0.2) is 76.5 Å². The van der Waals surface area contributed by atoms with Crippen LogP contribution in [0.5, 0.6) is 5.75 Å². The van der Waals surface area contributed by atoms with Crippen LogP contribution < -0.4 is 9.64 Å². The molecule has 0 saturated heterocycles. The summed E-state index contributed by atoms with van der Waals surface area (Å²) in [5, 5.41) is 0.604. The van der Waals surface area contributed by atoms with Gasteiger partial charge in [-0.2, -0.15) is 0 Å². The summed E-state index contributed by atoms with van der Waals surface area (Å²) in [5.41, 5.74) is 2.27. The molecule has 0 bridgehead atoms. The number of carbonyl (C=O) groups excluding carboxylic acids is 1. The molecule has 0 spiro atoms. The highest BCUT2D eigenvalue weighted by Gasteiger charge is 2.29. The molecule has 5 heteroatoms. The second-order valence-corrected chi connectivity index (χ2v) is 8.03. The van der Waals surface area contributed by atoms with Crippen molar-refractivity contribution >= 4 is 40.6 Å². The number of hydrogen-bond donors (Lipinski definition) is 0. The molecule has 1 aliphatic rings. The molecule has 3 aromatic carbocycles. The lowest BCUT2D eigenvalue weighted by molar-refractivity contribution is 0.0998. The summed E-state index contributed by atoms with van der Waals surface area (Å²) >= 11 is 7.87. The summed E-state index contributed by atoms with van der Waals surface area (Å²) in [5.74, 6) is 0.655. The Morgan fingerprint density at radius 3 is 2.41 bits per heavy atom.